The summed E-state index contributed by atoms with van der Waals surface area (Å²) in [5.41, 5.74) is 6.92. The second kappa shape index (κ2) is 8.17. The monoisotopic (exact) mass is 366 g/mol. The predicted molar refractivity (Wildman–Crippen MR) is 99.4 cm³/mol. The van der Waals surface area contributed by atoms with E-state index in [4.69, 9.17) is 26.8 Å². The smallest absolute Gasteiger partial charge is 0.237 e. The van der Waals surface area contributed by atoms with Crippen molar-refractivity contribution in [2.24, 2.45) is 0 Å². The van der Waals surface area contributed by atoms with Crippen LogP contribution in [0.2, 0.25) is 5.02 Å². The quantitative estimate of drug-likeness (QED) is 0.595. The van der Waals surface area contributed by atoms with Crippen LogP contribution in [0.3, 0.4) is 0 Å². The Kier molecular flexibility index (Phi) is 6.23. The van der Waals surface area contributed by atoms with Crippen LogP contribution in [-0.2, 0) is 4.79 Å². The number of anilines is 2. The first-order valence-corrected chi connectivity index (χ1v) is 8.45. The molecule has 1 unspecified atom stereocenters. The fourth-order valence-electron chi connectivity index (χ4n) is 2.04. The summed E-state index contributed by atoms with van der Waals surface area (Å²) in [6.07, 6.45) is 0. The molecular formula is C17H19ClN2O3S. The van der Waals surface area contributed by atoms with E-state index in [0.29, 0.717) is 27.9 Å². The largest absolute Gasteiger partial charge is 0.495 e. The number of thioether (sulfide) groups is 1. The van der Waals surface area contributed by atoms with Crippen molar-refractivity contribution < 1.29 is 14.3 Å². The molecule has 2 aromatic rings. The van der Waals surface area contributed by atoms with Crippen molar-refractivity contribution in [2.75, 3.05) is 25.3 Å². The minimum absolute atomic E-state index is 0.165. The lowest BCUT2D eigenvalue weighted by Crippen LogP contribution is -2.22. The maximum absolute atomic E-state index is 12.4. The zero-order valence-electron chi connectivity index (χ0n) is 13.6. The second-order valence-corrected chi connectivity index (χ2v) is 6.83. The summed E-state index contributed by atoms with van der Waals surface area (Å²) < 4.78 is 10.4. The first-order valence-electron chi connectivity index (χ1n) is 7.19. The zero-order chi connectivity index (χ0) is 17.7. The number of hydrogen-bond acceptors (Lipinski definition) is 5. The molecule has 1 atom stereocenters. The van der Waals surface area contributed by atoms with Gasteiger partial charge in [-0.2, -0.15) is 0 Å². The third-order valence-electron chi connectivity index (χ3n) is 3.27. The Labute approximate surface area is 150 Å². The Bertz CT molecular complexity index is 740. The summed E-state index contributed by atoms with van der Waals surface area (Å²) in [4.78, 5) is 13.4. The Hall–Kier alpha value is -2.05. The van der Waals surface area contributed by atoms with E-state index in [9.17, 15) is 4.79 Å². The van der Waals surface area contributed by atoms with E-state index in [-0.39, 0.29) is 11.2 Å². The number of hydrogen-bond donors (Lipinski definition) is 2. The summed E-state index contributed by atoms with van der Waals surface area (Å²) in [6, 6.07) is 10.6. The number of nitrogens with two attached hydrogens (primary N) is 1. The number of rotatable bonds is 6. The van der Waals surface area contributed by atoms with Gasteiger partial charge in [-0.05, 0) is 31.2 Å². The van der Waals surface area contributed by atoms with Gasteiger partial charge in [0.2, 0.25) is 5.91 Å². The molecule has 0 saturated carbocycles. The molecule has 0 radical (unpaired) electrons. The second-order valence-electron chi connectivity index (χ2n) is 5.01. The van der Waals surface area contributed by atoms with Gasteiger partial charge in [0.15, 0.2) is 0 Å². The van der Waals surface area contributed by atoms with E-state index >= 15 is 0 Å². The fraction of sp³-hybridized carbons (Fsp3) is 0.235. The van der Waals surface area contributed by atoms with Crippen LogP contribution in [-0.4, -0.2) is 25.4 Å². The maximum atomic E-state index is 12.4. The molecule has 5 nitrogen and oxygen atoms in total. The van der Waals surface area contributed by atoms with E-state index in [0.717, 1.165) is 4.90 Å². The highest BCUT2D eigenvalue weighted by Crippen LogP contribution is 2.36. The molecule has 7 heteroatoms. The molecule has 0 heterocycles. The topological polar surface area (TPSA) is 73.6 Å². The molecule has 0 aliphatic rings. The van der Waals surface area contributed by atoms with Gasteiger partial charge in [0, 0.05) is 16.6 Å². The van der Waals surface area contributed by atoms with Crippen LogP contribution in [0.5, 0.6) is 11.5 Å². The molecule has 0 saturated heterocycles. The molecule has 0 aromatic heterocycles. The minimum Gasteiger partial charge on any atom is -0.495 e. The Morgan fingerprint density at radius 3 is 2.54 bits per heavy atom. The van der Waals surface area contributed by atoms with Crippen LogP contribution >= 0.6 is 23.4 Å². The van der Waals surface area contributed by atoms with Gasteiger partial charge in [-0.1, -0.05) is 17.7 Å². The maximum Gasteiger partial charge on any atom is 0.237 e. The normalized spacial score (nSPS) is 11.7. The first-order chi connectivity index (χ1) is 11.4. The molecule has 3 N–H and O–H groups in total. The Morgan fingerprint density at radius 1 is 1.21 bits per heavy atom. The number of nitrogen functional groups attached to an aromatic ring is 1. The third-order valence-corrected chi connectivity index (χ3v) is 4.66. The standard InChI is InChI=1S/C17H19ClN2O3S/c1-10(24-12-6-4-5-11(19)7-12)17(21)20-14-8-13(18)15(22-2)9-16(14)23-3/h4-10H,19H2,1-3H3,(H,20,21). The summed E-state index contributed by atoms with van der Waals surface area (Å²) in [5.74, 6) is 0.793. The molecule has 0 bridgehead atoms. The van der Waals surface area contributed by atoms with Gasteiger partial charge in [-0.15, -0.1) is 11.8 Å². The number of amides is 1. The van der Waals surface area contributed by atoms with Gasteiger partial charge in [-0.25, -0.2) is 0 Å². The van der Waals surface area contributed by atoms with E-state index in [1.54, 1.807) is 18.2 Å². The van der Waals surface area contributed by atoms with Gasteiger partial charge >= 0.3 is 0 Å². The minimum atomic E-state index is -0.322. The lowest BCUT2D eigenvalue weighted by Gasteiger charge is -2.16. The van der Waals surface area contributed by atoms with Crippen LogP contribution in [0.25, 0.3) is 0 Å². The van der Waals surface area contributed by atoms with E-state index in [1.165, 1.54) is 26.0 Å². The molecule has 0 aliphatic heterocycles. The highest BCUT2D eigenvalue weighted by molar-refractivity contribution is 8.00. The Balaban J connectivity index is 2.12. The number of carbonyl (C=O) groups is 1. The van der Waals surface area contributed by atoms with Gasteiger partial charge in [0.25, 0.3) is 0 Å². The summed E-state index contributed by atoms with van der Waals surface area (Å²) >= 11 is 7.54. The highest BCUT2D eigenvalue weighted by Gasteiger charge is 2.18. The lowest BCUT2D eigenvalue weighted by atomic mass is 10.2. The average Bonchev–Trinajstić information content (AvgIpc) is 2.55. The predicted octanol–water partition coefficient (Wildman–Crippen LogP) is 4.06. The molecule has 24 heavy (non-hydrogen) atoms. The SMILES string of the molecule is COc1cc(OC)c(NC(=O)C(C)Sc2cccc(N)c2)cc1Cl. The van der Waals surface area contributed by atoms with Crippen molar-refractivity contribution in [3.05, 3.63) is 41.4 Å². The zero-order valence-corrected chi connectivity index (χ0v) is 15.2. The van der Waals surface area contributed by atoms with Crippen molar-refractivity contribution in [3.63, 3.8) is 0 Å². The summed E-state index contributed by atoms with van der Waals surface area (Å²) in [7, 11) is 3.03. The third kappa shape index (κ3) is 4.49. The van der Waals surface area contributed by atoms with Crippen LogP contribution < -0.4 is 20.5 Å². The number of carbonyl (C=O) groups excluding carboxylic acids is 1. The fourth-order valence-corrected chi connectivity index (χ4v) is 3.21. The van der Waals surface area contributed by atoms with Gasteiger partial charge in [-0.3, -0.25) is 4.79 Å². The van der Waals surface area contributed by atoms with Crippen LogP contribution in [0, 0.1) is 0 Å². The lowest BCUT2D eigenvalue weighted by molar-refractivity contribution is -0.115. The number of benzene rings is 2. The molecule has 128 valence electrons. The van der Waals surface area contributed by atoms with E-state index in [1.807, 2.05) is 25.1 Å². The Morgan fingerprint density at radius 2 is 1.92 bits per heavy atom. The van der Waals surface area contributed by atoms with E-state index in [2.05, 4.69) is 5.32 Å². The van der Waals surface area contributed by atoms with Crippen LogP contribution in [0.15, 0.2) is 41.3 Å². The summed E-state index contributed by atoms with van der Waals surface area (Å²) in [5, 5.41) is 2.90. The highest BCUT2D eigenvalue weighted by atomic mass is 35.5. The van der Waals surface area contributed by atoms with Crippen molar-refractivity contribution in [2.45, 2.75) is 17.1 Å². The molecule has 1 amide bonds. The molecule has 2 aromatic carbocycles. The first kappa shape index (κ1) is 18.3. The van der Waals surface area contributed by atoms with E-state index < -0.39 is 0 Å². The number of halogens is 1. The van der Waals surface area contributed by atoms with Crippen LogP contribution in [0.4, 0.5) is 11.4 Å². The number of nitrogens with one attached hydrogen (secondary N) is 1. The molecular weight excluding hydrogens is 348 g/mol. The molecule has 2 rings (SSSR count). The average molecular weight is 367 g/mol. The van der Waals surface area contributed by atoms with Crippen LogP contribution in [0.1, 0.15) is 6.92 Å². The summed E-state index contributed by atoms with van der Waals surface area (Å²) in [6.45, 7) is 1.82. The van der Waals surface area contributed by atoms with Crippen molar-refractivity contribution >= 4 is 40.6 Å². The van der Waals surface area contributed by atoms with Gasteiger partial charge in [0.1, 0.15) is 11.5 Å². The molecule has 0 spiro atoms. The van der Waals surface area contributed by atoms with Gasteiger partial charge < -0.3 is 20.5 Å². The molecule has 0 aliphatic carbocycles. The molecule has 0 fully saturated rings. The number of ether oxygens (including phenoxy) is 2. The van der Waals surface area contributed by atoms with Crippen molar-refractivity contribution in [1.29, 1.82) is 0 Å². The van der Waals surface area contributed by atoms with Crippen molar-refractivity contribution in [1.82, 2.24) is 0 Å². The number of methoxy groups -OCH3 is 2. The van der Waals surface area contributed by atoms with Gasteiger partial charge in [0.05, 0.1) is 30.2 Å². The van der Waals surface area contributed by atoms with Crippen molar-refractivity contribution in [3.8, 4) is 11.5 Å².